The normalized spacial score (nSPS) is 18.1. The standard InChI is InChI=1S/C15H21ClO3S/c1-2-13-5-7-14(8-6-13)19-11-15(9-3-4-10-15)12-20(16,17)18/h5-8H,2-4,9-12H2,1H3. The smallest absolute Gasteiger partial charge is 0.233 e. The lowest BCUT2D eigenvalue weighted by Crippen LogP contribution is -2.32. The molecule has 0 spiro atoms. The summed E-state index contributed by atoms with van der Waals surface area (Å²) in [6.45, 7) is 2.53. The Hall–Kier alpha value is -0.740. The van der Waals surface area contributed by atoms with Gasteiger partial charge >= 0.3 is 0 Å². The summed E-state index contributed by atoms with van der Waals surface area (Å²) in [5, 5.41) is 0. The second-order valence-corrected chi connectivity index (χ2v) is 8.45. The van der Waals surface area contributed by atoms with Gasteiger partial charge in [-0.3, -0.25) is 0 Å². The Kier molecular flexibility index (Phi) is 4.97. The molecule has 1 aromatic carbocycles. The molecule has 1 fully saturated rings. The van der Waals surface area contributed by atoms with E-state index in [4.69, 9.17) is 15.4 Å². The van der Waals surface area contributed by atoms with Crippen molar-refractivity contribution in [1.82, 2.24) is 0 Å². The number of hydrogen-bond donors (Lipinski definition) is 0. The predicted octanol–water partition coefficient (Wildman–Crippen LogP) is 3.76. The highest BCUT2D eigenvalue weighted by atomic mass is 35.7. The third-order valence-electron chi connectivity index (χ3n) is 4.02. The van der Waals surface area contributed by atoms with Gasteiger partial charge in [-0.25, -0.2) is 8.42 Å². The van der Waals surface area contributed by atoms with Crippen LogP contribution in [0.2, 0.25) is 0 Å². The summed E-state index contributed by atoms with van der Waals surface area (Å²) >= 11 is 0. The zero-order chi connectivity index (χ0) is 14.6. The van der Waals surface area contributed by atoms with Crippen molar-refractivity contribution in [2.45, 2.75) is 39.0 Å². The highest BCUT2D eigenvalue weighted by Gasteiger charge is 2.38. The Balaban J connectivity index is 2.01. The van der Waals surface area contributed by atoms with Gasteiger partial charge in [-0.15, -0.1) is 0 Å². The Morgan fingerprint density at radius 3 is 2.30 bits per heavy atom. The molecule has 0 aromatic heterocycles. The fourth-order valence-corrected chi connectivity index (χ4v) is 4.68. The molecule has 3 nitrogen and oxygen atoms in total. The number of rotatable bonds is 6. The van der Waals surface area contributed by atoms with Gasteiger partial charge in [0.2, 0.25) is 9.05 Å². The fraction of sp³-hybridized carbons (Fsp3) is 0.600. The lowest BCUT2D eigenvalue weighted by molar-refractivity contribution is 0.171. The van der Waals surface area contributed by atoms with E-state index in [1.807, 2.05) is 24.3 Å². The molecular formula is C15H21ClO3S. The average molecular weight is 317 g/mol. The van der Waals surface area contributed by atoms with E-state index >= 15 is 0 Å². The van der Waals surface area contributed by atoms with Gasteiger partial charge < -0.3 is 4.74 Å². The minimum Gasteiger partial charge on any atom is -0.493 e. The van der Waals surface area contributed by atoms with Gasteiger partial charge in [0.1, 0.15) is 5.75 Å². The first kappa shape index (κ1) is 15.6. The third-order valence-corrected chi connectivity index (χ3v) is 5.30. The summed E-state index contributed by atoms with van der Waals surface area (Å²) in [6, 6.07) is 7.96. The van der Waals surface area contributed by atoms with E-state index in [2.05, 4.69) is 6.92 Å². The first-order chi connectivity index (χ1) is 9.42. The SMILES string of the molecule is CCc1ccc(OCC2(CS(=O)(=O)Cl)CCCC2)cc1. The first-order valence-corrected chi connectivity index (χ1v) is 9.54. The second kappa shape index (κ2) is 6.35. The number of benzene rings is 1. The number of hydrogen-bond acceptors (Lipinski definition) is 3. The van der Waals surface area contributed by atoms with Crippen molar-refractivity contribution >= 4 is 19.7 Å². The predicted molar refractivity (Wildman–Crippen MR) is 81.9 cm³/mol. The first-order valence-electron chi connectivity index (χ1n) is 7.07. The van der Waals surface area contributed by atoms with Gasteiger partial charge in [0, 0.05) is 16.1 Å². The molecule has 0 amide bonds. The zero-order valence-corrected chi connectivity index (χ0v) is 13.3. The van der Waals surface area contributed by atoms with Gasteiger partial charge in [0.05, 0.1) is 12.4 Å². The quantitative estimate of drug-likeness (QED) is 0.751. The summed E-state index contributed by atoms with van der Waals surface area (Å²) in [7, 11) is 1.95. The number of ether oxygens (including phenoxy) is 1. The summed E-state index contributed by atoms with van der Waals surface area (Å²) in [6.07, 6.45) is 4.82. The molecule has 20 heavy (non-hydrogen) atoms. The average Bonchev–Trinajstić information content (AvgIpc) is 2.84. The van der Waals surface area contributed by atoms with E-state index in [1.165, 1.54) is 5.56 Å². The van der Waals surface area contributed by atoms with Crippen LogP contribution in [0.25, 0.3) is 0 Å². The maximum atomic E-state index is 11.4. The Morgan fingerprint density at radius 2 is 1.80 bits per heavy atom. The molecule has 0 heterocycles. The number of halogens is 1. The maximum Gasteiger partial charge on any atom is 0.233 e. The van der Waals surface area contributed by atoms with Crippen molar-refractivity contribution in [3.63, 3.8) is 0 Å². The van der Waals surface area contributed by atoms with Crippen molar-refractivity contribution in [2.24, 2.45) is 5.41 Å². The van der Waals surface area contributed by atoms with Crippen molar-refractivity contribution in [1.29, 1.82) is 0 Å². The van der Waals surface area contributed by atoms with Crippen molar-refractivity contribution in [3.8, 4) is 5.75 Å². The summed E-state index contributed by atoms with van der Waals surface area (Å²) in [4.78, 5) is 0. The molecule has 1 saturated carbocycles. The Labute approximate surface area is 125 Å². The molecule has 0 atom stereocenters. The minimum absolute atomic E-state index is 0.00853. The van der Waals surface area contributed by atoms with Gasteiger partial charge in [-0.1, -0.05) is 31.9 Å². The third kappa shape index (κ3) is 4.38. The molecule has 0 aliphatic heterocycles. The molecule has 0 radical (unpaired) electrons. The maximum absolute atomic E-state index is 11.4. The highest BCUT2D eigenvalue weighted by Crippen LogP contribution is 2.40. The minimum atomic E-state index is -3.49. The molecule has 1 aliphatic rings. The molecule has 0 N–H and O–H groups in total. The second-order valence-electron chi connectivity index (χ2n) is 5.68. The van der Waals surface area contributed by atoms with Gasteiger partial charge in [0.15, 0.2) is 0 Å². The van der Waals surface area contributed by atoms with E-state index in [1.54, 1.807) is 0 Å². The van der Waals surface area contributed by atoms with E-state index in [-0.39, 0.29) is 11.2 Å². The highest BCUT2D eigenvalue weighted by molar-refractivity contribution is 8.13. The Bertz CT molecular complexity index is 531. The molecule has 1 aliphatic carbocycles. The largest absolute Gasteiger partial charge is 0.493 e. The molecule has 0 saturated heterocycles. The van der Waals surface area contributed by atoms with Crippen LogP contribution >= 0.6 is 10.7 Å². The van der Waals surface area contributed by atoms with Crippen LogP contribution < -0.4 is 4.74 Å². The molecule has 1 aromatic rings. The summed E-state index contributed by atoms with van der Waals surface area (Å²) in [5.74, 6) is 0.801. The van der Waals surface area contributed by atoms with E-state index < -0.39 is 9.05 Å². The summed E-state index contributed by atoms with van der Waals surface area (Å²) < 4.78 is 28.6. The van der Waals surface area contributed by atoms with Gasteiger partial charge in [-0.2, -0.15) is 0 Å². The molecule has 0 unspecified atom stereocenters. The van der Waals surface area contributed by atoms with Gasteiger partial charge in [0.25, 0.3) is 0 Å². The topological polar surface area (TPSA) is 43.4 Å². The van der Waals surface area contributed by atoms with E-state index in [9.17, 15) is 8.42 Å². The number of aryl methyl sites for hydroxylation is 1. The van der Waals surface area contributed by atoms with Crippen molar-refractivity contribution in [2.75, 3.05) is 12.4 Å². The van der Waals surface area contributed by atoms with Gasteiger partial charge in [-0.05, 0) is 37.0 Å². The molecule has 5 heteroatoms. The van der Waals surface area contributed by atoms with Crippen molar-refractivity contribution < 1.29 is 13.2 Å². The molecular weight excluding hydrogens is 296 g/mol. The lowest BCUT2D eigenvalue weighted by atomic mass is 9.90. The van der Waals surface area contributed by atoms with Crippen LogP contribution in [-0.4, -0.2) is 20.8 Å². The Morgan fingerprint density at radius 1 is 1.20 bits per heavy atom. The van der Waals surface area contributed by atoms with Crippen LogP contribution in [0.3, 0.4) is 0 Å². The zero-order valence-electron chi connectivity index (χ0n) is 11.8. The van der Waals surface area contributed by atoms with E-state index in [0.717, 1.165) is 37.9 Å². The molecule has 112 valence electrons. The molecule has 0 bridgehead atoms. The van der Waals surface area contributed by atoms with Crippen LogP contribution in [0.5, 0.6) is 5.75 Å². The van der Waals surface area contributed by atoms with E-state index in [0.29, 0.717) is 6.61 Å². The fourth-order valence-electron chi connectivity index (χ4n) is 2.88. The van der Waals surface area contributed by atoms with Crippen LogP contribution in [0.15, 0.2) is 24.3 Å². The van der Waals surface area contributed by atoms with Crippen LogP contribution in [0.4, 0.5) is 0 Å². The summed E-state index contributed by atoms with van der Waals surface area (Å²) in [5.41, 5.74) is 0.945. The van der Waals surface area contributed by atoms with Crippen LogP contribution in [-0.2, 0) is 15.5 Å². The molecule has 2 rings (SSSR count). The van der Waals surface area contributed by atoms with Crippen molar-refractivity contribution in [3.05, 3.63) is 29.8 Å². The van der Waals surface area contributed by atoms with Crippen LogP contribution in [0, 0.1) is 5.41 Å². The monoisotopic (exact) mass is 316 g/mol. The van der Waals surface area contributed by atoms with Crippen LogP contribution in [0.1, 0.15) is 38.2 Å². The lowest BCUT2D eigenvalue weighted by Gasteiger charge is -2.27.